The molecule has 0 fully saturated rings. The summed E-state index contributed by atoms with van der Waals surface area (Å²) >= 11 is 11.9. The lowest BCUT2D eigenvalue weighted by molar-refractivity contribution is 0.0194. The normalized spacial score (nSPS) is 16.2. The molecule has 2 aromatic rings. The summed E-state index contributed by atoms with van der Waals surface area (Å²) in [5, 5.41) is 8.99. The summed E-state index contributed by atoms with van der Waals surface area (Å²) in [5.41, 5.74) is -0.160. The van der Waals surface area contributed by atoms with Crippen molar-refractivity contribution in [2.75, 3.05) is 19.0 Å². The van der Waals surface area contributed by atoms with Crippen LogP contribution in [0.5, 0.6) is 5.88 Å². The maximum absolute atomic E-state index is 12.9. The highest BCUT2D eigenvalue weighted by molar-refractivity contribution is 7.90. The van der Waals surface area contributed by atoms with E-state index in [4.69, 9.17) is 37.5 Å². The topological polar surface area (TPSA) is 159 Å². The molecule has 0 saturated heterocycles. The van der Waals surface area contributed by atoms with E-state index in [1.807, 2.05) is 4.72 Å². The summed E-state index contributed by atoms with van der Waals surface area (Å²) in [6, 6.07) is 0.137. The van der Waals surface area contributed by atoms with Crippen molar-refractivity contribution in [3.63, 3.8) is 0 Å². The molecule has 3 heterocycles. The minimum absolute atomic E-state index is 0.0257. The summed E-state index contributed by atoms with van der Waals surface area (Å²) in [6.07, 6.45) is -0.407. The first kappa shape index (κ1) is 21.9. The Hall–Kier alpha value is -2.84. The molecule has 1 atom stereocenters. The molecule has 0 bridgehead atoms. The second-order valence-electron chi connectivity index (χ2n) is 5.83. The molecule has 3 rings (SSSR count). The Morgan fingerprint density at radius 1 is 1.37 bits per heavy atom. The van der Waals surface area contributed by atoms with Gasteiger partial charge in [0.05, 0.1) is 7.11 Å². The van der Waals surface area contributed by atoms with E-state index in [0.29, 0.717) is 0 Å². The van der Waals surface area contributed by atoms with Crippen LogP contribution in [0.1, 0.15) is 12.5 Å². The van der Waals surface area contributed by atoms with Gasteiger partial charge >= 0.3 is 6.03 Å². The van der Waals surface area contributed by atoms with E-state index in [-0.39, 0.29) is 40.2 Å². The maximum Gasteiger partial charge on any atom is 0.335 e. The monoisotopic (exact) mass is 479 g/mol. The minimum Gasteiger partial charge on any atom is -0.481 e. The highest BCUT2D eigenvalue weighted by Crippen LogP contribution is 2.26. The van der Waals surface area contributed by atoms with Crippen LogP contribution in [0.4, 0.5) is 10.7 Å². The number of rotatable bonds is 5. The molecule has 13 nitrogen and oxygen atoms in total. The number of urea groups is 1. The fraction of sp³-hybridized carbons (Fsp3) is 0.357. The zero-order chi connectivity index (χ0) is 22.1. The molecule has 2 amide bonds. The molecule has 0 aromatic carbocycles. The second kappa shape index (κ2) is 8.49. The molecule has 162 valence electrons. The van der Waals surface area contributed by atoms with Gasteiger partial charge < -0.3 is 14.3 Å². The van der Waals surface area contributed by atoms with Crippen LogP contribution < -0.4 is 14.8 Å². The summed E-state index contributed by atoms with van der Waals surface area (Å²) < 4.78 is 38.9. The third-order valence-corrected chi connectivity index (χ3v) is 5.41. The molecule has 2 aromatic heterocycles. The Morgan fingerprint density at radius 2 is 2.10 bits per heavy atom. The summed E-state index contributed by atoms with van der Waals surface area (Å²) in [5.74, 6) is -0.400. The number of hydrogen-bond acceptors (Lipinski definition) is 10. The molecule has 0 aliphatic carbocycles. The number of anilines is 1. The SMILES string of the molecule is COc1cc(Cl)nc(NC(=O)NS(=O)(=O)c2c(C3=NOCC(C)O3)c(Cl)nn2C)n1. The van der Waals surface area contributed by atoms with Crippen molar-refractivity contribution < 1.29 is 27.5 Å². The number of methoxy groups -OCH3 is 1. The molecule has 30 heavy (non-hydrogen) atoms. The third kappa shape index (κ3) is 4.66. The third-order valence-electron chi connectivity index (χ3n) is 3.52. The fourth-order valence-corrected chi connectivity index (χ4v) is 4.12. The van der Waals surface area contributed by atoms with Gasteiger partial charge in [0.2, 0.25) is 11.8 Å². The first-order valence-corrected chi connectivity index (χ1v) is 10.4. The van der Waals surface area contributed by atoms with Crippen LogP contribution in [-0.2, 0) is 26.6 Å². The zero-order valence-corrected chi connectivity index (χ0v) is 18.0. The van der Waals surface area contributed by atoms with Gasteiger partial charge in [-0.1, -0.05) is 23.2 Å². The van der Waals surface area contributed by atoms with Crippen LogP contribution in [0.15, 0.2) is 16.2 Å². The molecule has 0 saturated carbocycles. The van der Waals surface area contributed by atoms with E-state index in [2.05, 4.69) is 25.5 Å². The average molecular weight is 480 g/mol. The van der Waals surface area contributed by atoms with E-state index in [1.54, 1.807) is 6.92 Å². The lowest BCUT2D eigenvalue weighted by Crippen LogP contribution is -2.37. The number of carbonyl (C=O) groups is 1. The molecule has 0 spiro atoms. The van der Waals surface area contributed by atoms with Gasteiger partial charge in [-0.2, -0.15) is 18.5 Å². The number of carbonyl (C=O) groups excluding carboxylic acids is 1. The van der Waals surface area contributed by atoms with Crippen molar-refractivity contribution in [2.45, 2.75) is 18.1 Å². The molecule has 1 aliphatic rings. The number of nitrogens with zero attached hydrogens (tertiary/aromatic N) is 5. The highest BCUT2D eigenvalue weighted by Gasteiger charge is 2.34. The standard InChI is InChI=1S/C14H15Cl2N7O6S/c1-6-5-28-21-11(29-6)9-10(16)20-23(2)12(9)30(25,26)22-14(24)19-13-17-7(15)4-8(18-13)27-3/h4,6H,5H2,1-3H3,(H2,17,18,19,22,24). The highest BCUT2D eigenvalue weighted by atomic mass is 35.5. The smallest absolute Gasteiger partial charge is 0.335 e. The van der Waals surface area contributed by atoms with Gasteiger partial charge in [0.25, 0.3) is 15.9 Å². The van der Waals surface area contributed by atoms with Gasteiger partial charge in [-0.05, 0) is 12.1 Å². The minimum atomic E-state index is -4.49. The predicted molar refractivity (Wildman–Crippen MR) is 104 cm³/mol. The second-order valence-corrected chi connectivity index (χ2v) is 8.17. The van der Waals surface area contributed by atoms with Gasteiger partial charge in [-0.3, -0.25) is 10.00 Å². The molecule has 1 unspecified atom stereocenters. The number of halogens is 2. The lowest BCUT2D eigenvalue weighted by Gasteiger charge is -2.20. The van der Waals surface area contributed by atoms with Crippen LogP contribution in [0.25, 0.3) is 0 Å². The van der Waals surface area contributed by atoms with Crippen LogP contribution in [0.2, 0.25) is 10.3 Å². The van der Waals surface area contributed by atoms with Crippen LogP contribution in [-0.4, -0.2) is 59.9 Å². The van der Waals surface area contributed by atoms with Crippen molar-refractivity contribution >= 4 is 51.1 Å². The number of ether oxygens (including phenoxy) is 2. The summed E-state index contributed by atoms with van der Waals surface area (Å²) in [7, 11) is -1.84. The molecular weight excluding hydrogens is 465 g/mol. The van der Waals surface area contributed by atoms with Gasteiger partial charge in [0.1, 0.15) is 16.8 Å². The number of amides is 2. The van der Waals surface area contributed by atoms with Crippen molar-refractivity contribution in [2.24, 2.45) is 12.2 Å². The zero-order valence-electron chi connectivity index (χ0n) is 15.7. The van der Waals surface area contributed by atoms with Crippen molar-refractivity contribution in [1.29, 1.82) is 0 Å². The first-order valence-electron chi connectivity index (χ1n) is 8.12. The van der Waals surface area contributed by atoms with Crippen LogP contribution in [0.3, 0.4) is 0 Å². The van der Waals surface area contributed by atoms with Crippen LogP contribution in [0, 0.1) is 0 Å². The van der Waals surface area contributed by atoms with E-state index >= 15 is 0 Å². The molecule has 1 aliphatic heterocycles. The lowest BCUT2D eigenvalue weighted by atomic mass is 10.3. The van der Waals surface area contributed by atoms with Gasteiger partial charge in [-0.15, -0.1) is 0 Å². The number of oxime groups is 1. The van der Waals surface area contributed by atoms with E-state index < -0.39 is 27.2 Å². The quantitative estimate of drug-likeness (QED) is 0.598. The van der Waals surface area contributed by atoms with Gasteiger partial charge in [0, 0.05) is 13.1 Å². The van der Waals surface area contributed by atoms with Crippen molar-refractivity contribution in [1.82, 2.24) is 24.5 Å². The van der Waals surface area contributed by atoms with E-state index in [1.165, 1.54) is 20.2 Å². The Labute approximate surface area is 180 Å². The number of aryl methyl sites for hydroxylation is 1. The van der Waals surface area contributed by atoms with Crippen molar-refractivity contribution in [3.8, 4) is 5.88 Å². The average Bonchev–Trinajstić information content (AvgIpc) is 2.95. The largest absolute Gasteiger partial charge is 0.481 e. The number of sulfonamides is 1. The van der Waals surface area contributed by atoms with Gasteiger partial charge in [0.15, 0.2) is 16.8 Å². The molecule has 0 radical (unpaired) electrons. The maximum atomic E-state index is 12.9. The summed E-state index contributed by atoms with van der Waals surface area (Å²) in [4.78, 5) is 24.9. The van der Waals surface area contributed by atoms with E-state index in [9.17, 15) is 13.2 Å². The fourth-order valence-electron chi connectivity index (χ4n) is 2.37. The number of hydrogen-bond donors (Lipinski definition) is 2. The van der Waals surface area contributed by atoms with Gasteiger partial charge in [-0.25, -0.2) is 14.5 Å². The Bertz CT molecular complexity index is 1120. The molecule has 2 N–H and O–H groups in total. The Morgan fingerprint density at radius 3 is 2.77 bits per heavy atom. The van der Waals surface area contributed by atoms with Crippen LogP contribution >= 0.6 is 23.2 Å². The van der Waals surface area contributed by atoms with Crippen molar-refractivity contribution in [3.05, 3.63) is 21.9 Å². The Kier molecular flexibility index (Phi) is 6.19. The molecular formula is C14H15Cl2N7O6S. The number of nitrogens with one attached hydrogen (secondary N) is 2. The molecule has 16 heteroatoms. The predicted octanol–water partition coefficient (Wildman–Crippen LogP) is 1.13. The number of aromatic nitrogens is 4. The van der Waals surface area contributed by atoms with E-state index in [0.717, 1.165) is 4.68 Å². The Balaban J connectivity index is 1.88. The first-order chi connectivity index (χ1) is 14.1. The summed E-state index contributed by atoms with van der Waals surface area (Å²) in [6.45, 7) is 1.87.